The molecule has 0 spiro atoms. The Balaban J connectivity index is 1.97. The zero-order valence-corrected chi connectivity index (χ0v) is 17.3. The minimum atomic E-state index is -0.568. The van der Waals surface area contributed by atoms with Gasteiger partial charge in [0.2, 0.25) is 0 Å². The van der Waals surface area contributed by atoms with Crippen molar-refractivity contribution in [3.8, 4) is 10.4 Å². The Hall–Kier alpha value is -2.90. The molecule has 29 heavy (non-hydrogen) atoms. The molecule has 2 heterocycles. The van der Waals surface area contributed by atoms with Crippen LogP contribution in [0.4, 0.5) is 4.79 Å². The van der Waals surface area contributed by atoms with Crippen LogP contribution in [0.5, 0.6) is 0 Å². The summed E-state index contributed by atoms with van der Waals surface area (Å²) >= 11 is 1.54. The van der Waals surface area contributed by atoms with Crippen LogP contribution in [0.15, 0.2) is 66.4 Å². The first kappa shape index (κ1) is 20.8. The summed E-state index contributed by atoms with van der Waals surface area (Å²) in [5.41, 5.74) is 2.07. The Labute approximate surface area is 174 Å². The van der Waals surface area contributed by atoms with Gasteiger partial charge < -0.3 is 14.8 Å². The predicted octanol–water partition coefficient (Wildman–Crippen LogP) is 4.13. The fourth-order valence-corrected chi connectivity index (χ4v) is 4.24. The van der Waals surface area contributed by atoms with E-state index in [0.29, 0.717) is 24.4 Å². The summed E-state index contributed by atoms with van der Waals surface area (Å²) in [6.45, 7) is 6.21. The van der Waals surface area contributed by atoms with Crippen LogP contribution in [-0.4, -0.2) is 43.8 Å². The lowest BCUT2D eigenvalue weighted by atomic mass is 10.0. The van der Waals surface area contributed by atoms with Crippen molar-refractivity contribution < 1.29 is 19.1 Å². The first-order valence-electron chi connectivity index (χ1n) is 9.27. The maximum Gasteiger partial charge on any atom is 0.338 e. The van der Waals surface area contributed by atoms with Gasteiger partial charge in [-0.05, 0) is 24.6 Å². The highest BCUT2D eigenvalue weighted by Gasteiger charge is 2.36. The molecule has 1 atom stereocenters. The van der Waals surface area contributed by atoms with Crippen LogP contribution in [0.3, 0.4) is 0 Å². The Kier molecular flexibility index (Phi) is 6.85. The van der Waals surface area contributed by atoms with Gasteiger partial charge in [0.15, 0.2) is 0 Å². The highest BCUT2D eigenvalue weighted by Crippen LogP contribution is 2.37. The molecule has 0 aliphatic carbocycles. The van der Waals surface area contributed by atoms with Crippen LogP contribution in [-0.2, 0) is 14.3 Å². The van der Waals surface area contributed by atoms with E-state index >= 15 is 0 Å². The number of amides is 2. The number of hydrogen-bond donors (Lipinski definition) is 1. The molecular formula is C22H24N2O4S. The van der Waals surface area contributed by atoms with Crippen molar-refractivity contribution in [1.29, 1.82) is 0 Å². The first-order chi connectivity index (χ1) is 14.1. The number of carbonyl (C=O) groups excluding carboxylic acids is 2. The largest absolute Gasteiger partial charge is 0.460 e. The normalized spacial score (nSPS) is 16.6. The smallest absolute Gasteiger partial charge is 0.338 e. The molecule has 3 rings (SSSR count). The number of ether oxygens (including phenoxy) is 2. The van der Waals surface area contributed by atoms with Crippen molar-refractivity contribution in [2.45, 2.75) is 13.0 Å². The van der Waals surface area contributed by atoms with Gasteiger partial charge in [-0.2, -0.15) is 0 Å². The van der Waals surface area contributed by atoms with Gasteiger partial charge in [0.25, 0.3) is 0 Å². The molecule has 2 aromatic rings. The van der Waals surface area contributed by atoms with E-state index in [-0.39, 0.29) is 12.6 Å². The van der Waals surface area contributed by atoms with Gasteiger partial charge in [-0.1, -0.05) is 36.4 Å². The van der Waals surface area contributed by atoms with Crippen LogP contribution in [0.2, 0.25) is 0 Å². The number of nitrogens with one attached hydrogen (secondary N) is 1. The molecule has 0 saturated carbocycles. The SMILES string of the molecule is C=CCN1C(=O)N[C@@H](c2ccc(-c3ccccc3)s2)C(C(=O)OCCOC)=C1C. The average molecular weight is 413 g/mol. The summed E-state index contributed by atoms with van der Waals surface area (Å²) in [6, 6.07) is 13.1. The van der Waals surface area contributed by atoms with Crippen LogP contribution in [0, 0.1) is 0 Å². The molecule has 7 heteroatoms. The highest BCUT2D eigenvalue weighted by molar-refractivity contribution is 7.15. The van der Waals surface area contributed by atoms with E-state index in [0.717, 1.165) is 15.3 Å². The maximum absolute atomic E-state index is 12.9. The monoisotopic (exact) mass is 412 g/mol. The predicted molar refractivity (Wildman–Crippen MR) is 113 cm³/mol. The van der Waals surface area contributed by atoms with Crippen molar-refractivity contribution in [2.75, 3.05) is 26.9 Å². The summed E-state index contributed by atoms with van der Waals surface area (Å²) in [4.78, 5) is 28.9. The van der Waals surface area contributed by atoms with Gasteiger partial charge in [0.05, 0.1) is 18.2 Å². The molecule has 1 aromatic carbocycles. The van der Waals surface area contributed by atoms with Crippen LogP contribution >= 0.6 is 11.3 Å². The van der Waals surface area contributed by atoms with Crippen molar-refractivity contribution in [3.63, 3.8) is 0 Å². The molecule has 0 fully saturated rings. The summed E-state index contributed by atoms with van der Waals surface area (Å²) in [5.74, 6) is -0.465. The number of carbonyl (C=O) groups is 2. The third kappa shape index (κ3) is 4.58. The molecule has 152 valence electrons. The van der Waals surface area contributed by atoms with Crippen molar-refractivity contribution in [3.05, 3.63) is 71.3 Å². The molecule has 1 N–H and O–H groups in total. The summed E-state index contributed by atoms with van der Waals surface area (Å²) in [6.07, 6.45) is 1.62. The summed E-state index contributed by atoms with van der Waals surface area (Å²) in [5, 5.41) is 2.94. The number of benzene rings is 1. The lowest BCUT2D eigenvalue weighted by Crippen LogP contribution is -2.47. The Morgan fingerprint density at radius 1 is 1.24 bits per heavy atom. The summed E-state index contributed by atoms with van der Waals surface area (Å²) in [7, 11) is 1.55. The molecule has 2 amide bonds. The van der Waals surface area contributed by atoms with Crippen LogP contribution < -0.4 is 5.32 Å². The number of rotatable bonds is 8. The minimum absolute atomic E-state index is 0.147. The van der Waals surface area contributed by atoms with Crippen molar-refractivity contribution in [2.24, 2.45) is 0 Å². The van der Waals surface area contributed by atoms with E-state index in [4.69, 9.17) is 9.47 Å². The number of methoxy groups -OCH3 is 1. The van der Waals surface area contributed by atoms with E-state index < -0.39 is 12.0 Å². The molecule has 0 saturated heterocycles. The van der Waals surface area contributed by atoms with Crippen LogP contribution in [0.25, 0.3) is 10.4 Å². The second kappa shape index (κ2) is 9.54. The molecule has 0 unspecified atom stereocenters. The Morgan fingerprint density at radius 3 is 2.69 bits per heavy atom. The number of nitrogens with zero attached hydrogens (tertiary/aromatic N) is 1. The zero-order chi connectivity index (χ0) is 20.8. The fraction of sp³-hybridized carbons (Fsp3) is 0.273. The molecule has 0 bridgehead atoms. The van der Waals surface area contributed by atoms with Gasteiger partial charge in [-0.3, -0.25) is 4.90 Å². The number of thiophene rings is 1. The number of allylic oxidation sites excluding steroid dienone is 1. The number of hydrogen-bond acceptors (Lipinski definition) is 5. The molecular weight excluding hydrogens is 388 g/mol. The average Bonchev–Trinajstić information content (AvgIpc) is 3.21. The molecule has 0 radical (unpaired) electrons. The van der Waals surface area contributed by atoms with Crippen LogP contribution in [0.1, 0.15) is 17.8 Å². The third-order valence-electron chi connectivity index (χ3n) is 4.62. The molecule has 1 aliphatic heterocycles. The van der Waals surface area contributed by atoms with E-state index in [1.54, 1.807) is 31.4 Å². The Bertz CT molecular complexity index is 920. The highest BCUT2D eigenvalue weighted by atomic mass is 32.1. The van der Waals surface area contributed by atoms with E-state index in [9.17, 15) is 9.59 Å². The topological polar surface area (TPSA) is 67.9 Å². The van der Waals surface area contributed by atoms with Gasteiger partial charge in [0, 0.05) is 29.1 Å². The third-order valence-corrected chi connectivity index (χ3v) is 5.82. The summed E-state index contributed by atoms with van der Waals surface area (Å²) < 4.78 is 10.3. The van der Waals surface area contributed by atoms with Crippen molar-refractivity contribution in [1.82, 2.24) is 10.2 Å². The Morgan fingerprint density at radius 2 is 2.00 bits per heavy atom. The van der Waals surface area contributed by atoms with E-state index in [1.807, 2.05) is 42.5 Å². The molecule has 6 nitrogen and oxygen atoms in total. The standard InChI is InChI=1S/C22H24N2O4S/c1-4-12-24-15(2)19(21(25)28-14-13-27-3)20(23-22(24)26)18-11-10-17(29-18)16-8-6-5-7-9-16/h4-11,20H,1,12-14H2,2-3H3,(H,23,26)/t20-/m0/s1. The van der Waals surface area contributed by atoms with Crippen molar-refractivity contribution >= 4 is 23.3 Å². The van der Waals surface area contributed by atoms with E-state index in [2.05, 4.69) is 11.9 Å². The quantitative estimate of drug-likeness (QED) is 0.402. The van der Waals surface area contributed by atoms with Gasteiger partial charge in [0.1, 0.15) is 6.61 Å². The van der Waals surface area contributed by atoms with Gasteiger partial charge in [-0.15, -0.1) is 17.9 Å². The number of urea groups is 1. The molecule has 1 aromatic heterocycles. The lowest BCUT2D eigenvalue weighted by molar-refractivity contribution is -0.140. The zero-order valence-electron chi connectivity index (χ0n) is 16.5. The number of esters is 1. The lowest BCUT2D eigenvalue weighted by Gasteiger charge is -2.34. The minimum Gasteiger partial charge on any atom is -0.460 e. The second-order valence-corrected chi connectivity index (χ2v) is 7.59. The first-order valence-corrected chi connectivity index (χ1v) is 10.1. The van der Waals surface area contributed by atoms with E-state index in [1.165, 1.54) is 4.90 Å². The maximum atomic E-state index is 12.9. The van der Waals surface area contributed by atoms with Gasteiger partial charge in [-0.25, -0.2) is 9.59 Å². The molecule has 1 aliphatic rings. The fourth-order valence-electron chi connectivity index (χ4n) is 3.17. The van der Waals surface area contributed by atoms with Gasteiger partial charge >= 0.3 is 12.0 Å². The second-order valence-electron chi connectivity index (χ2n) is 6.48.